The van der Waals surface area contributed by atoms with Crippen LogP contribution < -0.4 is 0 Å². The zero-order valence-electron chi connectivity index (χ0n) is 7.80. The van der Waals surface area contributed by atoms with Crippen molar-refractivity contribution in [1.82, 2.24) is 0 Å². The second-order valence-electron chi connectivity index (χ2n) is 3.72. The van der Waals surface area contributed by atoms with Gasteiger partial charge in [-0.25, -0.2) is 0 Å². The first-order chi connectivity index (χ1) is 5.23. The molecule has 0 aliphatic heterocycles. The quantitative estimate of drug-likeness (QED) is 0.553. The van der Waals surface area contributed by atoms with E-state index in [0.29, 0.717) is 11.1 Å². The molecule has 1 aliphatic carbocycles. The van der Waals surface area contributed by atoms with Gasteiger partial charge in [-0.3, -0.25) is 4.79 Å². The summed E-state index contributed by atoms with van der Waals surface area (Å²) in [5.41, 5.74) is -2.07. The third kappa shape index (κ3) is 0.807. The first-order valence-electron chi connectivity index (χ1n) is 3.90. The number of hydrogen-bond acceptors (Lipinski definition) is 3. The Morgan fingerprint density at radius 2 is 1.50 bits per heavy atom. The smallest absolute Gasteiger partial charge is 0.193 e. The van der Waals surface area contributed by atoms with E-state index in [2.05, 4.69) is 0 Å². The van der Waals surface area contributed by atoms with Crippen LogP contribution in [-0.2, 0) is 4.79 Å². The van der Waals surface area contributed by atoms with Gasteiger partial charge in [0.15, 0.2) is 11.4 Å². The molecule has 0 aromatic rings. The van der Waals surface area contributed by atoms with Crippen molar-refractivity contribution in [3.05, 3.63) is 11.1 Å². The highest BCUT2D eigenvalue weighted by atomic mass is 16.4. The number of ketones is 1. The average molecular weight is 170 g/mol. The molecule has 0 amide bonds. The normalized spacial score (nSPS) is 42.7. The Labute approximate surface area is 71.7 Å². The summed E-state index contributed by atoms with van der Waals surface area (Å²) >= 11 is 0. The Bertz CT molecular complexity index is 271. The lowest BCUT2D eigenvalue weighted by atomic mass is 9.85. The zero-order chi connectivity index (χ0) is 9.73. The van der Waals surface area contributed by atoms with E-state index < -0.39 is 11.2 Å². The monoisotopic (exact) mass is 170 g/mol. The number of carbonyl (C=O) groups excluding carboxylic acids is 1. The van der Waals surface area contributed by atoms with Crippen LogP contribution in [0.25, 0.3) is 0 Å². The van der Waals surface area contributed by atoms with Crippen molar-refractivity contribution in [3.63, 3.8) is 0 Å². The van der Waals surface area contributed by atoms with Crippen molar-refractivity contribution in [2.24, 2.45) is 0 Å². The third-order valence-electron chi connectivity index (χ3n) is 3.02. The van der Waals surface area contributed by atoms with Crippen LogP contribution >= 0.6 is 0 Å². The molecule has 0 aromatic carbocycles. The predicted molar refractivity (Wildman–Crippen MR) is 44.6 cm³/mol. The van der Waals surface area contributed by atoms with Crippen LogP contribution in [-0.4, -0.2) is 27.2 Å². The molecule has 0 radical (unpaired) electrons. The van der Waals surface area contributed by atoms with E-state index in [0.717, 1.165) is 0 Å². The summed E-state index contributed by atoms with van der Waals surface area (Å²) in [5.74, 6) is -0.384. The first kappa shape index (κ1) is 9.42. The molecule has 0 aromatic heterocycles. The summed E-state index contributed by atoms with van der Waals surface area (Å²) in [6, 6.07) is 0. The van der Waals surface area contributed by atoms with Gasteiger partial charge < -0.3 is 10.2 Å². The van der Waals surface area contributed by atoms with Gasteiger partial charge in [-0.05, 0) is 38.8 Å². The van der Waals surface area contributed by atoms with Gasteiger partial charge >= 0.3 is 0 Å². The highest BCUT2D eigenvalue weighted by Gasteiger charge is 2.55. The summed E-state index contributed by atoms with van der Waals surface area (Å²) in [6.45, 7) is 6.08. The average Bonchev–Trinajstić information content (AvgIpc) is 2.05. The fourth-order valence-electron chi connectivity index (χ4n) is 1.49. The van der Waals surface area contributed by atoms with Crippen LogP contribution in [0.2, 0.25) is 0 Å². The van der Waals surface area contributed by atoms with E-state index in [1.807, 2.05) is 0 Å². The van der Waals surface area contributed by atoms with Crippen LogP contribution in [0.15, 0.2) is 11.1 Å². The minimum absolute atomic E-state index is 0.384. The van der Waals surface area contributed by atoms with Crippen LogP contribution in [0.4, 0.5) is 0 Å². The lowest BCUT2D eigenvalue weighted by molar-refractivity contribution is -0.148. The molecule has 12 heavy (non-hydrogen) atoms. The Hall–Kier alpha value is -0.670. The maximum absolute atomic E-state index is 11.4. The molecule has 3 heteroatoms. The highest BCUT2D eigenvalue weighted by molar-refractivity contribution is 6.06. The molecular weight excluding hydrogens is 156 g/mol. The van der Waals surface area contributed by atoms with Crippen LogP contribution in [0.5, 0.6) is 0 Å². The molecular formula is C9H14O3. The minimum Gasteiger partial charge on any atom is -0.382 e. The van der Waals surface area contributed by atoms with E-state index in [4.69, 9.17) is 0 Å². The van der Waals surface area contributed by atoms with Gasteiger partial charge in [-0.15, -0.1) is 0 Å². The number of aliphatic hydroxyl groups is 2. The number of carbonyl (C=O) groups is 1. The number of hydrogen-bond donors (Lipinski definition) is 2. The fourth-order valence-corrected chi connectivity index (χ4v) is 1.49. The molecule has 68 valence electrons. The molecule has 0 saturated carbocycles. The minimum atomic E-state index is -1.67. The zero-order valence-corrected chi connectivity index (χ0v) is 7.80. The molecule has 0 bridgehead atoms. The maximum atomic E-state index is 11.4. The molecule has 0 fully saturated rings. The topological polar surface area (TPSA) is 57.5 Å². The van der Waals surface area contributed by atoms with Crippen molar-refractivity contribution >= 4 is 5.78 Å². The maximum Gasteiger partial charge on any atom is 0.193 e. The molecule has 0 spiro atoms. The van der Waals surface area contributed by atoms with Crippen LogP contribution in [0.1, 0.15) is 27.7 Å². The van der Waals surface area contributed by atoms with E-state index in [1.165, 1.54) is 13.8 Å². The van der Waals surface area contributed by atoms with Crippen molar-refractivity contribution in [2.75, 3.05) is 0 Å². The van der Waals surface area contributed by atoms with Crippen LogP contribution in [0.3, 0.4) is 0 Å². The Balaban J connectivity index is 3.31. The van der Waals surface area contributed by atoms with Gasteiger partial charge in [0.25, 0.3) is 0 Å². The summed E-state index contributed by atoms with van der Waals surface area (Å²) in [7, 11) is 0. The van der Waals surface area contributed by atoms with Crippen molar-refractivity contribution < 1.29 is 15.0 Å². The molecule has 1 aliphatic rings. The van der Waals surface area contributed by atoms with Gasteiger partial charge in [0, 0.05) is 0 Å². The summed E-state index contributed by atoms with van der Waals surface area (Å²) < 4.78 is 0. The summed E-state index contributed by atoms with van der Waals surface area (Å²) in [4.78, 5) is 11.4. The molecule has 3 nitrogen and oxygen atoms in total. The Morgan fingerprint density at radius 1 is 1.08 bits per heavy atom. The van der Waals surface area contributed by atoms with E-state index >= 15 is 0 Å². The molecule has 1 rings (SSSR count). The van der Waals surface area contributed by atoms with Gasteiger partial charge in [0.05, 0.1) is 0 Å². The second kappa shape index (κ2) is 2.18. The van der Waals surface area contributed by atoms with Crippen molar-refractivity contribution in [2.45, 2.75) is 38.9 Å². The standard InChI is InChI=1S/C9H14O3/c1-5-6(2)8(3,11)9(4,12)7(5)10/h11-12H,1-4H3. The second-order valence-corrected chi connectivity index (χ2v) is 3.72. The van der Waals surface area contributed by atoms with Crippen LogP contribution in [0, 0.1) is 0 Å². The Kier molecular flexibility index (Phi) is 1.71. The largest absolute Gasteiger partial charge is 0.382 e. The molecule has 2 unspecified atom stereocenters. The van der Waals surface area contributed by atoms with Crippen molar-refractivity contribution in [1.29, 1.82) is 0 Å². The van der Waals surface area contributed by atoms with Gasteiger partial charge in [0.1, 0.15) is 5.60 Å². The van der Waals surface area contributed by atoms with Gasteiger partial charge in [-0.2, -0.15) is 0 Å². The van der Waals surface area contributed by atoms with E-state index in [9.17, 15) is 15.0 Å². The SMILES string of the molecule is CC1=C(C)C(C)(O)C(C)(O)C1=O. The first-order valence-corrected chi connectivity index (χ1v) is 3.90. The lowest BCUT2D eigenvalue weighted by Crippen LogP contribution is -2.51. The molecule has 2 atom stereocenters. The number of Topliss-reactive ketones (excluding diaryl/α,β-unsaturated/α-hetero) is 1. The molecule has 0 saturated heterocycles. The van der Waals surface area contributed by atoms with E-state index in [-0.39, 0.29) is 5.78 Å². The summed E-state index contributed by atoms with van der Waals surface area (Å²) in [5, 5.41) is 19.5. The number of rotatable bonds is 0. The highest BCUT2D eigenvalue weighted by Crippen LogP contribution is 2.39. The van der Waals surface area contributed by atoms with Gasteiger partial charge in [0.2, 0.25) is 0 Å². The van der Waals surface area contributed by atoms with Gasteiger partial charge in [-0.1, -0.05) is 0 Å². The van der Waals surface area contributed by atoms with E-state index in [1.54, 1.807) is 13.8 Å². The third-order valence-corrected chi connectivity index (χ3v) is 3.02. The fraction of sp³-hybridized carbons (Fsp3) is 0.667. The lowest BCUT2D eigenvalue weighted by Gasteiger charge is -2.31. The molecule has 0 heterocycles. The Morgan fingerprint density at radius 3 is 1.58 bits per heavy atom. The van der Waals surface area contributed by atoms with Crippen molar-refractivity contribution in [3.8, 4) is 0 Å². The predicted octanol–water partition coefficient (Wildman–Crippen LogP) is 0.408. The summed E-state index contributed by atoms with van der Waals surface area (Å²) in [6.07, 6.45) is 0. The molecule has 2 N–H and O–H groups in total.